The zero-order chi connectivity index (χ0) is 35.7. The van der Waals surface area contributed by atoms with E-state index in [0.29, 0.717) is 47.3 Å². The molecule has 0 fully saturated rings. The van der Waals surface area contributed by atoms with E-state index in [1.54, 1.807) is 50.9 Å². The number of aryl methyl sites for hydroxylation is 2. The zero-order valence-corrected chi connectivity index (χ0v) is 28.9. The third kappa shape index (κ3) is 10.2. The lowest BCUT2D eigenvalue weighted by Crippen LogP contribution is -2.48. The fraction of sp³-hybridized carbons (Fsp3) is 0.486. The molecule has 49 heavy (non-hydrogen) atoms. The Labute approximate surface area is 286 Å². The number of carbonyl (C=O) groups is 3. The molecular weight excluding hydrogens is 635 g/mol. The Balaban J connectivity index is 1.58. The molecular formula is C35H47FN6O7. The van der Waals surface area contributed by atoms with E-state index in [2.05, 4.69) is 21.1 Å². The summed E-state index contributed by atoms with van der Waals surface area (Å²) in [5, 5.41) is 22.3. The number of anilines is 3. The van der Waals surface area contributed by atoms with E-state index in [4.69, 9.17) is 14.0 Å². The second-order valence-corrected chi connectivity index (χ2v) is 12.6. The lowest BCUT2D eigenvalue weighted by molar-refractivity contribution is -0.0115. The van der Waals surface area contributed by atoms with Gasteiger partial charge in [0.1, 0.15) is 22.9 Å². The molecule has 4 N–H and O–H groups in total. The van der Waals surface area contributed by atoms with Crippen molar-refractivity contribution in [2.24, 2.45) is 5.92 Å². The number of aromatic nitrogens is 1. The standard InChI is InChI=1S/C35H47FN6O7/c1-21-18-42(22(2)20-43)33(44)29-17-28(38-34(45)37-27-12-10-26(36)11-13-27)14-15-30(29)48-23(3)9-7-8-16-47-31(21)19-41(6)35(46)39-32-24(4)40-49-25(32)5/h10-15,17,21-23,31,43H,7-9,16,18-20H2,1-6H3,(H,39,46)(H2,37,38,45)/t21-,22+,23+,31-/m0/s1. The van der Waals surface area contributed by atoms with Gasteiger partial charge in [-0.25, -0.2) is 14.0 Å². The van der Waals surface area contributed by atoms with Crippen molar-refractivity contribution >= 4 is 35.0 Å². The molecule has 0 saturated heterocycles. The topological polar surface area (TPSA) is 158 Å². The van der Waals surface area contributed by atoms with E-state index < -0.39 is 29.9 Å². The number of fused-ring (bicyclic) bond motifs is 1. The summed E-state index contributed by atoms with van der Waals surface area (Å²) >= 11 is 0. The maximum Gasteiger partial charge on any atom is 0.323 e. The van der Waals surface area contributed by atoms with Crippen molar-refractivity contribution in [2.45, 2.75) is 72.1 Å². The summed E-state index contributed by atoms with van der Waals surface area (Å²) in [6.45, 7) is 9.67. The van der Waals surface area contributed by atoms with Crippen LogP contribution in [0.4, 0.5) is 31.0 Å². The molecule has 2 heterocycles. The van der Waals surface area contributed by atoms with Gasteiger partial charge in [0.25, 0.3) is 5.91 Å². The van der Waals surface area contributed by atoms with Crippen molar-refractivity contribution in [2.75, 3.05) is 49.3 Å². The molecule has 4 rings (SSSR count). The van der Waals surface area contributed by atoms with Crippen molar-refractivity contribution in [1.82, 2.24) is 15.0 Å². The predicted molar refractivity (Wildman–Crippen MR) is 184 cm³/mol. The first kappa shape index (κ1) is 37.1. The number of hydrogen-bond donors (Lipinski definition) is 4. The van der Waals surface area contributed by atoms with E-state index in [1.807, 2.05) is 13.8 Å². The number of likely N-dealkylation sites (N-methyl/N-ethyl adjacent to an activating group) is 1. The number of benzene rings is 2. The monoisotopic (exact) mass is 682 g/mol. The summed E-state index contributed by atoms with van der Waals surface area (Å²) in [5.41, 5.74) is 2.03. The molecule has 5 amide bonds. The third-order valence-electron chi connectivity index (χ3n) is 8.48. The summed E-state index contributed by atoms with van der Waals surface area (Å²) in [4.78, 5) is 43.4. The number of nitrogens with zero attached hydrogens (tertiary/aromatic N) is 3. The minimum atomic E-state index is -0.578. The molecule has 4 atom stereocenters. The number of rotatable bonds is 7. The molecule has 14 heteroatoms. The molecule has 0 aliphatic carbocycles. The number of amides is 5. The number of aliphatic hydroxyl groups is 1. The Hall–Kier alpha value is -4.69. The van der Waals surface area contributed by atoms with E-state index in [9.17, 15) is 23.9 Å². The van der Waals surface area contributed by atoms with Gasteiger partial charge in [0.15, 0.2) is 5.76 Å². The maximum atomic E-state index is 14.3. The fourth-order valence-corrected chi connectivity index (χ4v) is 5.51. The van der Waals surface area contributed by atoms with Gasteiger partial charge in [-0.1, -0.05) is 12.1 Å². The first-order chi connectivity index (χ1) is 23.4. The quantitative estimate of drug-likeness (QED) is 0.235. The van der Waals surface area contributed by atoms with Crippen LogP contribution >= 0.6 is 0 Å². The average Bonchev–Trinajstić information content (AvgIpc) is 3.39. The smallest absolute Gasteiger partial charge is 0.323 e. The van der Waals surface area contributed by atoms with Gasteiger partial charge in [-0.15, -0.1) is 0 Å². The summed E-state index contributed by atoms with van der Waals surface area (Å²) in [5.74, 6) is -0.242. The third-order valence-corrected chi connectivity index (χ3v) is 8.48. The highest BCUT2D eigenvalue weighted by molar-refractivity contribution is 6.02. The summed E-state index contributed by atoms with van der Waals surface area (Å²) in [6, 6.07) is 8.67. The summed E-state index contributed by atoms with van der Waals surface area (Å²) in [6.07, 6.45) is 1.60. The molecule has 0 saturated carbocycles. The van der Waals surface area contributed by atoms with Gasteiger partial charge in [0.05, 0.1) is 30.4 Å². The van der Waals surface area contributed by atoms with Crippen LogP contribution in [0.1, 0.15) is 61.8 Å². The van der Waals surface area contributed by atoms with E-state index in [0.717, 1.165) is 12.8 Å². The molecule has 1 aliphatic rings. The summed E-state index contributed by atoms with van der Waals surface area (Å²) < 4.78 is 31.1. The van der Waals surface area contributed by atoms with Crippen LogP contribution in [-0.4, -0.2) is 89.6 Å². The largest absolute Gasteiger partial charge is 0.490 e. The molecule has 13 nitrogen and oxygen atoms in total. The molecule has 0 unspecified atom stereocenters. The van der Waals surface area contributed by atoms with Crippen molar-refractivity contribution in [1.29, 1.82) is 0 Å². The number of hydrogen-bond acceptors (Lipinski definition) is 8. The van der Waals surface area contributed by atoms with Gasteiger partial charge >= 0.3 is 12.1 Å². The predicted octanol–water partition coefficient (Wildman–Crippen LogP) is 6.03. The normalized spacial score (nSPS) is 19.6. The van der Waals surface area contributed by atoms with Crippen LogP contribution in [-0.2, 0) is 4.74 Å². The Kier molecular flexibility index (Phi) is 13.0. The molecule has 266 valence electrons. The second-order valence-electron chi connectivity index (χ2n) is 12.6. The number of nitrogens with one attached hydrogen (secondary N) is 3. The fourth-order valence-electron chi connectivity index (χ4n) is 5.51. The molecule has 1 aromatic heterocycles. The molecule has 3 aromatic rings. The number of aliphatic hydroxyl groups excluding tert-OH is 1. The van der Waals surface area contributed by atoms with Crippen LogP contribution in [0.3, 0.4) is 0 Å². The van der Waals surface area contributed by atoms with Crippen LogP contribution in [0.15, 0.2) is 47.0 Å². The van der Waals surface area contributed by atoms with Crippen molar-refractivity contribution < 1.29 is 37.9 Å². The van der Waals surface area contributed by atoms with Gasteiger partial charge in [-0.3, -0.25) is 4.79 Å². The van der Waals surface area contributed by atoms with E-state index in [1.165, 1.54) is 29.2 Å². The van der Waals surface area contributed by atoms with Crippen LogP contribution in [0, 0.1) is 25.6 Å². The minimum Gasteiger partial charge on any atom is -0.490 e. The maximum absolute atomic E-state index is 14.3. The Morgan fingerprint density at radius 1 is 1.08 bits per heavy atom. The molecule has 0 radical (unpaired) electrons. The highest BCUT2D eigenvalue weighted by atomic mass is 19.1. The first-order valence-corrected chi connectivity index (χ1v) is 16.5. The van der Waals surface area contributed by atoms with Gasteiger partial charge in [-0.2, -0.15) is 0 Å². The summed E-state index contributed by atoms with van der Waals surface area (Å²) in [7, 11) is 1.67. The molecule has 2 aromatic carbocycles. The van der Waals surface area contributed by atoms with Gasteiger partial charge in [0.2, 0.25) is 0 Å². The zero-order valence-electron chi connectivity index (χ0n) is 28.9. The molecule has 0 bridgehead atoms. The Morgan fingerprint density at radius 3 is 2.45 bits per heavy atom. The second kappa shape index (κ2) is 17.1. The highest BCUT2D eigenvalue weighted by Gasteiger charge is 2.31. The van der Waals surface area contributed by atoms with Crippen LogP contribution in [0.5, 0.6) is 5.75 Å². The number of halogens is 1. The Bertz CT molecular complexity index is 1560. The first-order valence-electron chi connectivity index (χ1n) is 16.5. The van der Waals surface area contributed by atoms with Crippen LogP contribution in [0.25, 0.3) is 0 Å². The Morgan fingerprint density at radius 2 is 1.78 bits per heavy atom. The van der Waals surface area contributed by atoms with Crippen LogP contribution < -0.4 is 20.7 Å². The van der Waals surface area contributed by atoms with Gasteiger partial charge in [-0.05, 0) is 89.4 Å². The van der Waals surface area contributed by atoms with Crippen molar-refractivity contribution in [3.8, 4) is 5.75 Å². The molecule has 0 spiro atoms. The number of carbonyl (C=O) groups excluding carboxylic acids is 3. The lowest BCUT2D eigenvalue weighted by Gasteiger charge is -2.35. The minimum absolute atomic E-state index is 0.197. The number of urea groups is 2. The van der Waals surface area contributed by atoms with Crippen molar-refractivity contribution in [3.63, 3.8) is 0 Å². The van der Waals surface area contributed by atoms with E-state index >= 15 is 0 Å². The van der Waals surface area contributed by atoms with Gasteiger partial charge < -0.3 is 44.9 Å². The number of ether oxygens (including phenoxy) is 2. The molecule has 1 aliphatic heterocycles. The highest BCUT2D eigenvalue weighted by Crippen LogP contribution is 2.29. The average molecular weight is 683 g/mol. The SMILES string of the molecule is Cc1noc(C)c1NC(=O)N(C)C[C@@H]1OCCCC[C@@H](C)Oc2ccc(NC(=O)Nc3ccc(F)cc3)cc2C(=O)N([C@H](C)CO)C[C@@H]1C. The lowest BCUT2D eigenvalue weighted by atomic mass is 10.0. The van der Waals surface area contributed by atoms with E-state index in [-0.39, 0.29) is 43.3 Å². The van der Waals surface area contributed by atoms with Crippen molar-refractivity contribution in [3.05, 3.63) is 65.3 Å². The van der Waals surface area contributed by atoms with Crippen LogP contribution in [0.2, 0.25) is 0 Å². The van der Waals surface area contributed by atoms with Gasteiger partial charge in [0, 0.05) is 44.0 Å².